The summed E-state index contributed by atoms with van der Waals surface area (Å²) < 4.78 is 12.9. The molecule has 0 bridgehead atoms. The van der Waals surface area contributed by atoms with E-state index in [-0.39, 0.29) is 12.3 Å². The SMILES string of the molecule is Cc1ccccc1-n1c(C)nnc1SCCC(=O)NC(=O)Nc1ccc2c(c1)OCCO2. The highest BCUT2D eigenvalue weighted by atomic mass is 32.2. The highest BCUT2D eigenvalue weighted by Gasteiger charge is 2.16. The van der Waals surface area contributed by atoms with Crippen molar-refractivity contribution in [3.63, 3.8) is 0 Å². The number of aryl methyl sites for hydroxylation is 2. The largest absolute Gasteiger partial charge is 0.486 e. The summed E-state index contributed by atoms with van der Waals surface area (Å²) >= 11 is 1.41. The minimum Gasteiger partial charge on any atom is -0.486 e. The van der Waals surface area contributed by atoms with Crippen LogP contribution in [0.3, 0.4) is 0 Å². The van der Waals surface area contributed by atoms with Crippen molar-refractivity contribution in [3.05, 3.63) is 53.9 Å². The van der Waals surface area contributed by atoms with Gasteiger partial charge in [-0.1, -0.05) is 30.0 Å². The molecule has 3 amide bonds. The number of amides is 3. The van der Waals surface area contributed by atoms with Crippen LogP contribution in [0.5, 0.6) is 11.5 Å². The number of nitrogens with one attached hydrogen (secondary N) is 2. The zero-order chi connectivity index (χ0) is 22.5. The number of carbonyl (C=O) groups excluding carboxylic acids is 2. The molecule has 0 unspecified atom stereocenters. The van der Waals surface area contributed by atoms with Crippen molar-refractivity contribution in [2.45, 2.75) is 25.4 Å². The van der Waals surface area contributed by atoms with E-state index in [2.05, 4.69) is 20.8 Å². The Balaban J connectivity index is 1.29. The van der Waals surface area contributed by atoms with Crippen LogP contribution in [0.4, 0.5) is 10.5 Å². The van der Waals surface area contributed by atoms with E-state index in [0.29, 0.717) is 41.3 Å². The van der Waals surface area contributed by atoms with Crippen LogP contribution in [0, 0.1) is 13.8 Å². The Morgan fingerprint density at radius 1 is 1.06 bits per heavy atom. The summed E-state index contributed by atoms with van der Waals surface area (Å²) in [6.45, 7) is 4.86. The topological polar surface area (TPSA) is 107 Å². The first kappa shape index (κ1) is 21.7. The molecular formula is C22H23N5O4S. The predicted molar refractivity (Wildman–Crippen MR) is 121 cm³/mol. The first-order chi connectivity index (χ1) is 15.5. The number of anilines is 1. The third-order valence-electron chi connectivity index (χ3n) is 4.76. The number of thioether (sulfide) groups is 1. The van der Waals surface area contributed by atoms with E-state index >= 15 is 0 Å². The normalized spacial score (nSPS) is 12.3. The Kier molecular flexibility index (Phi) is 6.60. The molecule has 4 rings (SSSR count). The lowest BCUT2D eigenvalue weighted by molar-refractivity contribution is -0.119. The fraction of sp³-hybridized carbons (Fsp3) is 0.273. The summed E-state index contributed by atoms with van der Waals surface area (Å²) in [5.74, 6) is 2.03. The maximum atomic E-state index is 12.2. The quantitative estimate of drug-likeness (QED) is 0.550. The molecule has 32 heavy (non-hydrogen) atoms. The maximum Gasteiger partial charge on any atom is 0.325 e. The molecule has 0 radical (unpaired) electrons. The molecule has 0 spiro atoms. The van der Waals surface area contributed by atoms with E-state index in [1.807, 2.05) is 42.7 Å². The molecule has 166 valence electrons. The summed E-state index contributed by atoms with van der Waals surface area (Å²) in [5, 5.41) is 14.1. The van der Waals surface area contributed by atoms with Gasteiger partial charge < -0.3 is 14.8 Å². The second-order valence-electron chi connectivity index (χ2n) is 7.11. The number of carbonyl (C=O) groups is 2. The lowest BCUT2D eigenvalue weighted by Gasteiger charge is -2.19. The zero-order valence-electron chi connectivity index (χ0n) is 17.8. The van der Waals surface area contributed by atoms with Gasteiger partial charge in [0.2, 0.25) is 5.91 Å². The number of para-hydroxylation sites is 1. The molecule has 0 fully saturated rings. The molecule has 1 aliphatic heterocycles. The van der Waals surface area contributed by atoms with Crippen LogP contribution in [0.1, 0.15) is 17.8 Å². The first-order valence-electron chi connectivity index (χ1n) is 10.1. The van der Waals surface area contributed by atoms with Gasteiger partial charge >= 0.3 is 6.03 Å². The average Bonchev–Trinajstić information content (AvgIpc) is 3.14. The fourth-order valence-corrected chi connectivity index (χ4v) is 4.16. The van der Waals surface area contributed by atoms with Crippen LogP contribution >= 0.6 is 11.8 Å². The molecule has 1 aromatic heterocycles. The van der Waals surface area contributed by atoms with E-state index < -0.39 is 6.03 Å². The second kappa shape index (κ2) is 9.73. The summed E-state index contributed by atoms with van der Waals surface area (Å²) in [4.78, 5) is 24.4. The number of hydrogen-bond acceptors (Lipinski definition) is 7. The van der Waals surface area contributed by atoms with E-state index in [4.69, 9.17) is 9.47 Å². The van der Waals surface area contributed by atoms with Gasteiger partial charge in [-0.15, -0.1) is 10.2 Å². The van der Waals surface area contributed by atoms with Crippen LogP contribution in [-0.4, -0.2) is 45.7 Å². The Labute approximate surface area is 189 Å². The maximum absolute atomic E-state index is 12.2. The highest BCUT2D eigenvalue weighted by Crippen LogP contribution is 2.32. The van der Waals surface area contributed by atoms with Crippen molar-refractivity contribution in [3.8, 4) is 17.2 Å². The van der Waals surface area contributed by atoms with Gasteiger partial charge in [-0.25, -0.2) is 4.79 Å². The molecule has 0 saturated carbocycles. The van der Waals surface area contributed by atoms with E-state index in [1.54, 1.807) is 18.2 Å². The third-order valence-corrected chi connectivity index (χ3v) is 5.70. The smallest absolute Gasteiger partial charge is 0.325 e. The van der Waals surface area contributed by atoms with E-state index in [1.165, 1.54) is 11.8 Å². The van der Waals surface area contributed by atoms with Gasteiger partial charge in [0.1, 0.15) is 19.0 Å². The molecule has 10 heteroatoms. The molecule has 0 atom stereocenters. The number of urea groups is 1. The van der Waals surface area contributed by atoms with Crippen molar-refractivity contribution < 1.29 is 19.1 Å². The van der Waals surface area contributed by atoms with Crippen molar-refractivity contribution >= 4 is 29.4 Å². The van der Waals surface area contributed by atoms with Crippen LogP contribution < -0.4 is 20.1 Å². The van der Waals surface area contributed by atoms with Crippen molar-refractivity contribution in [2.24, 2.45) is 0 Å². The molecule has 2 aromatic carbocycles. The summed E-state index contributed by atoms with van der Waals surface area (Å²) in [6.07, 6.45) is 0.152. The highest BCUT2D eigenvalue weighted by molar-refractivity contribution is 7.99. The monoisotopic (exact) mass is 453 g/mol. The minimum absolute atomic E-state index is 0.152. The molecule has 0 aliphatic carbocycles. The van der Waals surface area contributed by atoms with E-state index in [0.717, 1.165) is 17.1 Å². The Hall–Kier alpha value is -3.53. The lowest BCUT2D eigenvalue weighted by atomic mass is 10.2. The van der Waals surface area contributed by atoms with Crippen LogP contribution in [0.25, 0.3) is 5.69 Å². The van der Waals surface area contributed by atoms with Gasteiger partial charge in [-0.05, 0) is 37.6 Å². The predicted octanol–water partition coefficient (Wildman–Crippen LogP) is 3.49. The number of aromatic nitrogens is 3. The number of fused-ring (bicyclic) bond motifs is 1. The van der Waals surface area contributed by atoms with Gasteiger partial charge in [0.25, 0.3) is 0 Å². The molecule has 0 saturated heterocycles. The fourth-order valence-electron chi connectivity index (χ4n) is 3.24. The summed E-state index contributed by atoms with van der Waals surface area (Å²) in [7, 11) is 0. The van der Waals surface area contributed by atoms with Gasteiger partial charge in [0.05, 0.1) is 5.69 Å². The molecule has 3 aromatic rings. The summed E-state index contributed by atoms with van der Waals surface area (Å²) in [5.41, 5.74) is 2.61. The van der Waals surface area contributed by atoms with Crippen molar-refractivity contribution in [1.29, 1.82) is 0 Å². The molecule has 2 N–H and O–H groups in total. The third kappa shape index (κ3) is 5.02. The van der Waals surface area contributed by atoms with Gasteiger partial charge in [0, 0.05) is 23.9 Å². The van der Waals surface area contributed by atoms with Crippen molar-refractivity contribution in [2.75, 3.05) is 24.3 Å². The number of nitrogens with zero attached hydrogens (tertiary/aromatic N) is 3. The van der Waals surface area contributed by atoms with Crippen LogP contribution in [0.2, 0.25) is 0 Å². The first-order valence-corrected chi connectivity index (χ1v) is 11.1. The Bertz CT molecular complexity index is 1150. The molecule has 1 aliphatic rings. The molecule has 2 heterocycles. The number of benzene rings is 2. The zero-order valence-corrected chi connectivity index (χ0v) is 18.6. The Morgan fingerprint density at radius 2 is 1.84 bits per heavy atom. The molecular weight excluding hydrogens is 430 g/mol. The number of ether oxygens (including phenoxy) is 2. The number of rotatable bonds is 6. The van der Waals surface area contributed by atoms with Crippen molar-refractivity contribution in [1.82, 2.24) is 20.1 Å². The summed E-state index contributed by atoms with van der Waals surface area (Å²) in [6, 6.07) is 12.4. The van der Waals surface area contributed by atoms with E-state index in [9.17, 15) is 9.59 Å². The van der Waals surface area contributed by atoms with Crippen LogP contribution in [-0.2, 0) is 4.79 Å². The second-order valence-corrected chi connectivity index (χ2v) is 8.17. The molecule has 9 nitrogen and oxygen atoms in total. The lowest BCUT2D eigenvalue weighted by Crippen LogP contribution is -2.34. The standard InChI is InChI=1S/C22H23N5O4S/c1-14-5-3-4-6-17(14)27-15(2)25-26-22(27)32-12-9-20(28)24-21(29)23-16-7-8-18-19(13-16)31-11-10-30-18/h3-8,13H,9-12H2,1-2H3,(H2,23,24,28,29). The number of imide groups is 1. The van der Waals surface area contributed by atoms with Gasteiger partial charge in [-0.3, -0.25) is 14.7 Å². The average molecular weight is 454 g/mol. The Morgan fingerprint density at radius 3 is 2.66 bits per heavy atom. The minimum atomic E-state index is -0.601. The van der Waals surface area contributed by atoms with Crippen LogP contribution in [0.15, 0.2) is 47.6 Å². The van der Waals surface area contributed by atoms with Gasteiger partial charge in [-0.2, -0.15) is 0 Å². The number of hydrogen-bond donors (Lipinski definition) is 2. The van der Waals surface area contributed by atoms with Gasteiger partial charge in [0.15, 0.2) is 16.7 Å².